The minimum absolute atomic E-state index is 0.194. The Hall–Kier alpha value is -0.670. The fourth-order valence-corrected chi connectivity index (χ4v) is 1.16. The van der Waals surface area contributed by atoms with Gasteiger partial charge in [-0.1, -0.05) is 17.7 Å². The first-order chi connectivity index (χ1) is 5.24. The lowest BCUT2D eigenvalue weighted by atomic mass is 10.2. The minimum atomic E-state index is 0.194. The molecule has 0 radical (unpaired) electrons. The maximum absolute atomic E-state index is 10.1. The largest absolute Gasteiger partial charge is 0.205 e. The molecule has 0 atom stereocenters. The highest BCUT2D eigenvalue weighted by Crippen LogP contribution is 2.22. The Morgan fingerprint density at radius 1 is 1.55 bits per heavy atom. The van der Waals surface area contributed by atoms with E-state index in [0.717, 1.165) is 5.56 Å². The van der Waals surface area contributed by atoms with Gasteiger partial charge in [0.2, 0.25) is 11.5 Å². The molecular formula is C7H6ClNOS. The molecule has 0 amide bonds. The van der Waals surface area contributed by atoms with Gasteiger partial charge in [-0.15, -0.1) is 0 Å². The lowest BCUT2D eigenvalue weighted by molar-refractivity contribution is 0.698. The van der Waals surface area contributed by atoms with E-state index in [0.29, 0.717) is 10.7 Å². The van der Waals surface area contributed by atoms with Crippen molar-refractivity contribution in [3.05, 3.63) is 28.8 Å². The third kappa shape index (κ3) is 2.13. The van der Waals surface area contributed by atoms with E-state index >= 15 is 0 Å². The molecule has 2 nitrogen and oxygen atoms in total. The van der Waals surface area contributed by atoms with Crippen molar-refractivity contribution >= 4 is 28.8 Å². The summed E-state index contributed by atoms with van der Waals surface area (Å²) in [4.78, 5) is 0. The van der Waals surface area contributed by atoms with Gasteiger partial charge < -0.3 is 0 Å². The van der Waals surface area contributed by atoms with Crippen molar-refractivity contribution in [1.29, 1.82) is 0 Å². The van der Waals surface area contributed by atoms with Crippen LogP contribution in [-0.4, -0.2) is 4.21 Å². The Kier molecular flexibility index (Phi) is 2.79. The highest BCUT2D eigenvalue weighted by Gasteiger charge is 1.95. The van der Waals surface area contributed by atoms with Gasteiger partial charge in [-0.05, 0) is 24.6 Å². The second-order valence-electron chi connectivity index (χ2n) is 2.10. The van der Waals surface area contributed by atoms with E-state index in [1.807, 2.05) is 13.0 Å². The van der Waals surface area contributed by atoms with Crippen LogP contribution in [0.5, 0.6) is 0 Å². The van der Waals surface area contributed by atoms with Crippen molar-refractivity contribution in [1.82, 2.24) is 0 Å². The zero-order valence-electron chi connectivity index (χ0n) is 5.87. The van der Waals surface area contributed by atoms with Crippen LogP contribution in [0.15, 0.2) is 22.6 Å². The van der Waals surface area contributed by atoms with E-state index in [4.69, 9.17) is 11.6 Å². The molecule has 0 saturated carbocycles. The molecule has 0 aliphatic carbocycles. The van der Waals surface area contributed by atoms with Gasteiger partial charge in [-0.3, -0.25) is 0 Å². The summed E-state index contributed by atoms with van der Waals surface area (Å²) in [7, 11) is 0. The van der Waals surface area contributed by atoms with Gasteiger partial charge in [0.05, 0.1) is 5.69 Å². The topological polar surface area (TPSA) is 29.4 Å². The van der Waals surface area contributed by atoms with E-state index in [1.54, 1.807) is 12.1 Å². The second kappa shape index (κ2) is 3.64. The Morgan fingerprint density at radius 3 is 2.91 bits per heavy atom. The van der Waals surface area contributed by atoms with E-state index in [2.05, 4.69) is 4.36 Å². The highest BCUT2D eigenvalue weighted by atomic mass is 35.5. The molecule has 1 aromatic carbocycles. The van der Waals surface area contributed by atoms with Gasteiger partial charge >= 0.3 is 0 Å². The number of nitrogens with zero attached hydrogens (tertiary/aromatic N) is 1. The summed E-state index contributed by atoms with van der Waals surface area (Å²) in [5.74, 6) is 0. The summed E-state index contributed by atoms with van der Waals surface area (Å²) in [6.07, 6.45) is 0. The fraction of sp³-hybridized carbons (Fsp3) is 0.143. The van der Waals surface area contributed by atoms with Crippen molar-refractivity contribution in [3.63, 3.8) is 0 Å². The van der Waals surface area contributed by atoms with Crippen LogP contribution in [0, 0.1) is 6.92 Å². The average Bonchev–Trinajstić information content (AvgIpc) is 1.98. The third-order valence-corrected chi connectivity index (χ3v) is 1.81. The fourth-order valence-electron chi connectivity index (χ4n) is 0.721. The predicted molar refractivity (Wildman–Crippen MR) is 46.4 cm³/mol. The SMILES string of the molecule is Cc1ccc(Cl)cc1N=S=O. The molecular weight excluding hydrogens is 182 g/mol. The first kappa shape index (κ1) is 8.43. The van der Waals surface area contributed by atoms with Gasteiger partial charge in [0, 0.05) is 5.02 Å². The Morgan fingerprint density at radius 2 is 2.27 bits per heavy atom. The minimum Gasteiger partial charge on any atom is -0.191 e. The number of benzene rings is 1. The maximum Gasteiger partial charge on any atom is 0.205 e. The van der Waals surface area contributed by atoms with Crippen LogP contribution in [0.3, 0.4) is 0 Å². The third-order valence-electron chi connectivity index (χ3n) is 1.31. The lowest BCUT2D eigenvalue weighted by Crippen LogP contribution is -1.72. The Labute approximate surface area is 73.4 Å². The number of rotatable bonds is 1. The van der Waals surface area contributed by atoms with Crippen LogP contribution in [-0.2, 0) is 11.5 Å². The number of hydrogen-bond donors (Lipinski definition) is 0. The van der Waals surface area contributed by atoms with E-state index in [9.17, 15) is 4.21 Å². The number of hydrogen-bond acceptors (Lipinski definition) is 2. The van der Waals surface area contributed by atoms with Crippen LogP contribution in [0.25, 0.3) is 0 Å². The molecule has 11 heavy (non-hydrogen) atoms. The first-order valence-corrected chi connectivity index (χ1v) is 4.08. The summed E-state index contributed by atoms with van der Waals surface area (Å²) in [6, 6.07) is 5.27. The molecule has 0 fully saturated rings. The molecule has 0 aliphatic heterocycles. The summed E-state index contributed by atoms with van der Waals surface area (Å²) in [5.41, 5.74) is 1.61. The second-order valence-corrected chi connectivity index (χ2v) is 2.86. The first-order valence-electron chi connectivity index (χ1n) is 3.00. The van der Waals surface area contributed by atoms with Crippen LogP contribution in [0.4, 0.5) is 5.69 Å². The van der Waals surface area contributed by atoms with Crippen LogP contribution < -0.4 is 0 Å². The van der Waals surface area contributed by atoms with E-state index < -0.39 is 0 Å². The van der Waals surface area contributed by atoms with Crippen molar-refractivity contribution in [3.8, 4) is 0 Å². The molecule has 4 heteroatoms. The lowest BCUT2D eigenvalue weighted by Gasteiger charge is -1.96. The average molecular weight is 188 g/mol. The zero-order valence-corrected chi connectivity index (χ0v) is 7.45. The molecule has 1 rings (SSSR count). The van der Waals surface area contributed by atoms with Gasteiger partial charge in [-0.2, -0.15) is 8.57 Å². The summed E-state index contributed by atoms with van der Waals surface area (Å²) in [5, 5.41) is 0.600. The quantitative estimate of drug-likeness (QED) is 0.665. The molecule has 0 unspecified atom stereocenters. The van der Waals surface area contributed by atoms with Gasteiger partial charge in [0.15, 0.2) is 0 Å². The Bertz CT molecular complexity index is 320. The molecule has 0 aliphatic rings. The molecule has 58 valence electrons. The van der Waals surface area contributed by atoms with Gasteiger partial charge in [0.1, 0.15) is 0 Å². The van der Waals surface area contributed by atoms with Crippen LogP contribution >= 0.6 is 11.6 Å². The summed E-state index contributed by atoms with van der Waals surface area (Å²) < 4.78 is 13.7. The maximum atomic E-state index is 10.1. The van der Waals surface area contributed by atoms with Gasteiger partial charge in [0.25, 0.3) is 0 Å². The van der Waals surface area contributed by atoms with Crippen molar-refractivity contribution in [2.75, 3.05) is 0 Å². The summed E-state index contributed by atoms with van der Waals surface area (Å²) >= 11 is 5.88. The van der Waals surface area contributed by atoms with Crippen LogP contribution in [0.1, 0.15) is 5.56 Å². The van der Waals surface area contributed by atoms with Crippen LogP contribution in [0.2, 0.25) is 5.02 Å². The van der Waals surface area contributed by atoms with E-state index in [-0.39, 0.29) is 11.5 Å². The predicted octanol–water partition coefficient (Wildman–Crippen LogP) is 2.68. The van der Waals surface area contributed by atoms with E-state index in [1.165, 1.54) is 0 Å². The normalized spacial score (nSPS) is 9.27. The number of halogens is 1. The standard InChI is InChI=1S/C7H6ClNOS/c1-5-2-3-6(8)4-7(5)9-11-10/h2-4H,1H3. The molecule has 0 aromatic heterocycles. The zero-order chi connectivity index (χ0) is 8.27. The molecule has 0 saturated heterocycles. The van der Waals surface area contributed by atoms with Crippen molar-refractivity contribution in [2.24, 2.45) is 4.36 Å². The van der Waals surface area contributed by atoms with Crippen molar-refractivity contribution in [2.45, 2.75) is 6.92 Å². The monoisotopic (exact) mass is 187 g/mol. The number of aryl methyl sites for hydroxylation is 1. The van der Waals surface area contributed by atoms with Gasteiger partial charge in [-0.25, -0.2) is 0 Å². The molecule has 0 N–H and O–H groups in total. The summed E-state index contributed by atoms with van der Waals surface area (Å²) in [6.45, 7) is 1.88. The Balaban J connectivity index is 3.22. The highest BCUT2D eigenvalue weighted by molar-refractivity contribution is 7.54. The molecule has 1 aromatic rings. The molecule has 0 heterocycles. The smallest absolute Gasteiger partial charge is 0.191 e. The van der Waals surface area contributed by atoms with Crippen molar-refractivity contribution < 1.29 is 4.21 Å². The molecule has 0 spiro atoms. The molecule has 0 bridgehead atoms.